The van der Waals surface area contributed by atoms with Crippen molar-refractivity contribution in [3.05, 3.63) is 22.7 Å². The zero-order chi connectivity index (χ0) is 12.3. The molecule has 1 aliphatic rings. The van der Waals surface area contributed by atoms with Crippen molar-refractivity contribution in [3.63, 3.8) is 0 Å². The van der Waals surface area contributed by atoms with Gasteiger partial charge in [0.25, 0.3) is 0 Å². The van der Waals surface area contributed by atoms with Gasteiger partial charge in [-0.15, -0.1) is 0 Å². The van der Waals surface area contributed by atoms with Crippen LogP contribution < -0.4 is 14.9 Å². The number of nitrogens with zero attached hydrogens (tertiary/aromatic N) is 1. The minimum atomic E-state index is -0.655. The topological polar surface area (TPSA) is 69.2 Å². The van der Waals surface area contributed by atoms with Gasteiger partial charge in [-0.2, -0.15) is 5.10 Å². The number of hydrogen-bond donors (Lipinski definition) is 1. The summed E-state index contributed by atoms with van der Waals surface area (Å²) in [7, 11) is 1.25. The number of amides is 1. The van der Waals surface area contributed by atoms with Crippen molar-refractivity contribution in [1.29, 1.82) is 0 Å². The van der Waals surface area contributed by atoms with Crippen LogP contribution in [0.4, 0.5) is 4.79 Å². The van der Waals surface area contributed by atoms with Crippen LogP contribution in [-0.2, 0) is 4.74 Å². The first-order valence-electron chi connectivity index (χ1n) is 4.67. The number of ether oxygens (including phenoxy) is 3. The molecule has 0 bridgehead atoms. The van der Waals surface area contributed by atoms with Gasteiger partial charge in [-0.05, 0) is 6.07 Å². The smallest absolute Gasteiger partial charge is 0.427 e. The number of carbonyl (C=O) groups excluding carboxylic acids is 1. The predicted molar refractivity (Wildman–Crippen MR) is 60.7 cm³/mol. The van der Waals surface area contributed by atoms with Crippen molar-refractivity contribution in [2.24, 2.45) is 5.10 Å². The number of hydrogen-bond acceptors (Lipinski definition) is 5. The molecule has 1 N–H and O–H groups in total. The molecule has 0 saturated carbocycles. The lowest BCUT2D eigenvalue weighted by Gasteiger charge is -2.01. The lowest BCUT2D eigenvalue weighted by molar-refractivity contribution is 0.171. The number of methoxy groups -OCH3 is 1. The summed E-state index contributed by atoms with van der Waals surface area (Å²) in [5.74, 6) is 1.18. The van der Waals surface area contributed by atoms with E-state index in [0.29, 0.717) is 22.1 Å². The zero-order valence-electron chi connectivity index (χ0n) is 8.90. The van der Waals surface area contributed by atoms with Gasteiger partial charge in [-0.1, -0.05) is 11.6 Å². The van der Waals surface area contributed by atoms with Crippen LogP contribution >= 0.6 is 11.6 Å². The summed E-state index contributed by atoms with van der Waals surface area (Å²) in [4.78, 5) is 10.7. The van der Waals surface area contributed by atoms with Crippen molar-refractivity contribution in [3.8, 4) is 11.5 Å². The molecule has 90 valence electrons. The van der Waals surface area contributed by atoms with Gasteiger partial charge in [0, 0.05) is 11.6 Å². The van der Waals surface area contributed by atoms with Crippen LogP contribution in [0.2, 0.25) is 5.02 Å². The maximum absolute atomic E-state index is 10.7. The molecule has 0 saturated heterocycles. The third-order valence-electron chi connectivity index (χ3n) is 2.04. The predicted octanol–water partition coefficient (Wildman–Crippen LogP) is 1.76. The van der Waals surface area contributed by atoms with Crippen molar-refractivity contribution < 1.29 is 19.0 Å². The van der Waals surface area contributed by atoms with Crippen molar-refractivity contribution in [2.75, 3.05) is 13.9 Å². The minimum Gasteiger partial charge on any atom is -0.454 e. The van der Waals surface area contributed by atoms with Gasteiger partial charge in [-0.25, -0.2) is 10.2 Å². The molecular formula is C10H9ClN2O4. The van der Waals surface area contributed by atoms with E-state index in [1.165, 1.54) is 13.3 Å². The summed E-state index contributed by atoms with van der Waals surface area (Å²) in [5, 5.41) is 4.12. The van der Waals surface area contributed by atoms with E-state index in [4.69, 9.17) is 21.1 Å². The molecule has 0 radical (unpaired) electrons. The van der Waals surface area contributed by atoms with Crippen LogP contribution in [0.25, 0.3) is 0 Å². The Labute approximate surface area is 102 Å². The van der Waals surface area contributed by atoms with E-state index in [0.717, 1.165) is 0 Å². The number of carbonyl (C=O) groups is 1. The highest BCUT2D eigenvalue weighted by molar-refractivity contribution is 6.33. The highest BCUT2D eigenvalue weighted by Gasteiger charge is 2.15. The van der Waals surface area contributed by atoms with Crippen LogP contribution in [0.1, 0.15) is 5.56 Å². The number of hydrazone groups is 1. The van der Waals surface area contributed by atoms with Crippen LogP contribution in [0.3, 0.4) is 0 Å². The number of halogens is 1. The molecule has 0 aromatic heterocycles. The highest BCUT2D eigenvalue weighted by Crippen LogP contribution is 2.36. The van der Waals surface area contributed by atoms with Gasteiger partial charge < -0.3 is 14.2 Å². The molecule has 2 rings (SSSR count). The van der Waals surface area contributed by atoms with E-state index < -0.39 is 6.09 Å². The van der Waals surface area contributed by atoms with E-state index >= 15 is 0 Å². The van der Waals surface area contributed by atoms with Crippen LogP contribution in [0.15, 0.2) is 17.2 Å². The quantitative estimate of drug-likeness (QED) is 0.647. The summed E-state index contributed by atoms with van der Waals surface area (Å²) in [6, 6.07) is 3.30. The fourth-order valence-corrected chi connectivity index (χ4v) is 1.43. The Morgan fingerprint density at radius 1 is 1.53 bits per heavy atom. The molecule has 17 heavy (non-hydrogen) atoms. The molecule has 1 amide bonds. The Hall–Kier alpha value is -1.95. The first-order chi connectivity index (χ1) is 8.20. The van der Waals surface area contributed by atoms with E-state index in [-0.39, 0.29) is 6.79 Å². The summed E-state index contributed by atoms with van der Waals surface area (Å²) in [6.07, 6.45) is 0.736. The molecule has 1 heterocycles. The molecule has 0 unspecified atom stereocenters. The summed E-state index contributed by atoms with van der Waals surface area (Å²) >= 11 is 5.99. The van der Waals surface area contributed by atoms with E-state index in [1.807, 2.05) is 0 Å². The van der Waals surface area contributed by atoms with Gasteiger partial charge in [0.15, 0.2) is 11.5 Å². The van der Waals surface area contributed by atoms with Gasteiger partial charge in [-0.3, -0.25) is 0 Å². The molecular weight excluding hydrogens is 248 g/mol. The molecule has 0 atom stereocenters. The third kappa shape index (κ3) is 2.59. The normalized spacial score (nSPS) is 12.8. The van der Waals surface area contributed by atoms with Crippen LogP contribution in [0.5, 0.6) is 11.5 Å². The summed E-state index contributed by atoms with van der Waals surface area (Å²) in [6.45, 7) is 0.173. The van der Waals surface area contributed by atoms with E-state index in [9.17, 15) is 4.79 Å². The van der Waals surface area contributed by atoms with E-state index in [1.54, 1.807) is 12.1 Å². The average molecular weight is 257 g/mol. The fraction of sp³-hybridized carbons (Fsp3) is 0.200. The number of nitrogens with one attached hydrogen (secondary N) is 1. The zero-order valence-corrected chi connectivity index (χ0v) is 9.65. The van der Waals surface area contributed by atoms with Crippen molar-refractivity contribution in [1.82, 2.24) is 5.43 Å². The standard InChI is InChI=1S/C10H9ClN2O4/c1-15-10(14)13-12-4-6-2-8-9(3-7(6)11)17-5-16-8/h2-4H,5H2,1H3,(H,13,14). The summed E-state index contributed by atoms with van der Waals surface area (Å²) in [5.41, 5.74) is 2.76. The Balaban J connectivity index is 2.13. The van der Waals surface area contributed by atoms with Gasteiger partial charge >= 0.3 is 6.09 Å². The lowest BCUT2D eigenvalue weighted by atomic mass is 10.2. The molecule has 0 fully saturated rings. The van der Waals surface area contributed by atoms with Gasteiger partial charge in [0.2, 0.25) is 6.79 Å². The van der Waals surface area contributed by atoms with E-state index in [2.05, 4.69) is 15.3 Å². The molecule has 1 aromatic carbocycles. The van der Waals surface area contributed by atoms with Crippen LogP contribution in [-0.4, -0.2) is 26.2 Å². The maximum Gasteiger partial charge on any atom is 0.427 e. The number of benzene rings is 1. The van der Waals surface area contributed by atoms with Gasteiger partial charge in [0.1, 0.15) is 0 Å². The Kier molecular flexibility index (Phi) is 3.34. The average Bonchev–Trinajstić information content (AvgIpc) is 2.76. The lowest BCUT2D eigenvalue weighted by Crippen LogP contribution is -2.16. The third-order valence-corrected chi connectivity index (χ3v) is 2.36. The molecule has 0 spiro atoms. The first kappa shape index (κ1) is 11.5. The molecule has 0 aliphatic carbocycles. The van der Waals surface area contributed by atoms with Crippen molar-refractivity contribution in [2.45, 2.75) is 0 Å². The fourth-order valence-electron chi connectivity index (χ4n) is 1.23. The maximum atomic E-state index is 10.7. The largest absolute Gasteiger partial charge is 0.454 e. The van der Waals surface area contributed by atoms with Gasteiger partial charge in [0.05, 0.1) is 18.3 Å². The number of rotatable bonds is 2. The second kappa shape index (κ2) is 4.92. The summed E-state index contributed by atoms with van der Waals surface area (Å²) < 4.78 is 14.7. The van der Waals surface area contributed by atoms with Crippen molar-refractivity contribution >= 4 is 23.9 Å². The highest BCUT2D eigenvalue weighted by atomic mass is 35.5. The molecule has 6 nitrogen and oxygen atoms in total. The molecule has 1 aliphatic heterocycles. The second-order valence-electron chi connectivity index (χ2n) is 3.09. The number of fused-ring (bicyclic) bond motifs is 1. The SMILES string of the molecule is COC(=O)NN=Cc1cc2c(cc1Cl)OCO2. The second-order valence-corrected chi connectivity index (χ2v) is 3.50. The van der Waals surface area contributed by atoms with Crippen LogP contribution in [0, 0.1) is 0 Å². The Bertz CT molecular complexity index is 476. The Morgan fingerprint density at radius 3 is 2.94 bits per heavy atom. The molecule has 7 heteroatoms. The molecule has 1 aromatic rings. The Morgan fingerprint density at radius 2 is 2.24 bits per heavy atom. The first-order valence-corrected chi connectivity index (χ1v) is 5.04. The monoisotopic (exact) mass is 256 g/mol. The minimum absolute atomic E-state index is 0.173.